The van der Waals surface area contributed by atoms with Gasteiger partial charge in [0.05, 0.1) is 18.3 Å². The molecule has 1 saturated carbocycles. The number of hydrogen-bond acceptors (Lipinski definition) is 5. The summed E-state index contributed by atoms with van der Waals surface area (Å²) in [6, 6.07) is 6.17. The molecule has 1 aliphatic carbocycles. The fraction of sp³-hybridized carbons (Fsp3) is 0.708. The first kappa shape index (κ1) is 23.9. The van der Waals surface area contributed by atoms with Crippen molar-refractivity contribution in [3.05, 3.63) is 23.8 Å². The van der Waals surface area contributed by atoms with E-state index < -0.39 is 23.9 Å². The molecule has 31 heavy (non-hydrogen) atoms. The number of methoxy groups -OCH3 is 1. The summed E-state index contributed by atoms with van der Waals surface area (Å²) in [4.78, 5) is 14.9. The third-order valence-corrected chi connectivity index (χ3v) is 6.50. The zero-order valence-electron chi connectivity index (χ0n) is 20.4. The first-order valence-corrected chi connectivity index (χ1v) is 11.3. The highest BCUT2D eigenvalue weighted by atomic mass is 16.7. The van der Waals surface area contributed by atoms with Gasteiger partial charge < -0.3 is 23.7 Å². The average Bonchev–Trinajstić information content (AvgIpc) is 3.24. The normalized spacial score (nSPS) is 20.7. The van der Waals surface area contributed by atoms with E-state index in [1.54, 1.807) is 7.11 Å². The van der Waals surface area contributed by atoms with E-state index in [9.17, 15) is 4.79 Å². The van der Waals surface area contributed by atoms with Crippen LogP contribution in [0.3, 0.4) is 0 Å². The molecular weight excluding hydrogens is 393 g/mol. The fourth-order valence-electron chi connectivity index (χ4n) is 4.09. The Morgan fingerprint density at radius 2 is 1.68 bits per heavy atom. The second kappa shape index (κ2) is 8.66. The number of carbonyl (C=O) groups excluding carboxylic acids is 1. The molecule has 172 valence electrons. The van der Waals surface area contributed by atoms with Crippen molar-refractivity contribution in [3.63, 3.8) is 0 Å². The minimum absolute atomic E-state index is 0.196. The molecular formula is C24H38BNO5. The Morgan fingerprint density at radius 1 is 1.10 bits per heavy atom. The molecule has 2 aliphatic rings. The largest absolute Gasteiger partial charge is 0.497 e. The summed E-state index contributed by atoms with van der Waals surface area (Å²) in [5, 5.41) is 0. The molecule has 2 fully saturated rings. The number of benzene rings is 1. The van der Waals surface area contributed by atoms with Crippen molar-refractivity contribution in [1.29, 1.82) is 0 Å². The van der Waals surface area contributed by atoms with Gasteiger partial charge in [0.15, 0.2) is 0 Å². The molecule has 1 aromatic rings. The molecule has 1 aromatic carbocycles. The van der Waals surface area contributed by atoms with Gasteiger partial charge in [0.2, 0.25) is 0 Å². The molecule has 1 aliphatic heterocycles. The topological polar surface area (TPSA) is 57.2 Å². The Hall–Kier alpha value is -1.73. The molecule has 0 radical (unpaired) electrons. The maximum Gasteiger partial charge on any atom is 0.494 e. The van der Waals surface area contributed by atoms with Crippen LogP contribution in [0.2, 0.25) is 0 Å². The van der Waals surface area contributed by atoms with Gasteiger partial charge in [-0.25, -0.2) is 4.79 Å². The van der Waals surface area contributed by atoms with Gasteiger partial charge in [-0.3, -0.25) is 0 Å². The molecule has 1 saturated heterocycles. The van der Waals surface area contributed by atoms with Crippen LogP contribution in [0, 0.1) is 0 Å². The number of amides is 1. The Bertz CT molecular complexity index is 780. The molecule has 0 bridgehead atoms. The predicted octanol–water partition coefficient (Wildman–Crippen LogP) is 4.67. The van der Waals surface area contributed by atoms with Gasteiger partial charge >= 0.3 is 13.2 Å². The first-order valence-electron chi connectivity index (χ1n) is 11.3. The maximum absolute atomic E-state index is 13.0. The van der Waals surface area contributed by atoms with Crippen LogP contribution in [0.25, 0.3) is 0 Å². The Balaban J connectivity index is 1.88. The SMILES string of the molecule is COc1cc(CN(C(=O)OC(C)(C)C)C2CCCC2)cc(B2OC(C)(C)C(C)(C)O2)c1. The molecule has 7 heteroatoms. The van der Waals surface area contributed by atoms with Crippen molar-refractivity contribution in [3.8, 4) is 5.75 Å². The summed E-state index contributed by atoms with van der Waals surface area (Å²) in [5.74, 6) is 0.720. The minimum Gasteiger partial charge on any atom is -0.497 e. The van der Waals surface area contributed by atoms with E-state index in [4.69, 9.17) is 18.8 Å². The molecule has 3 rings (SSSR count). The zero-order chi connectivity index (χ0) is 23.0. The second-order valence-corrected chi connectivity index (χ2v) is 10.7. The van der Waals surface area contributed by atoms with Crippen LogP contribution in [0.15, 0.2) is 18.2 Å². The van der Waals surface area contributed by atoms with Crippen LogP contribution in [-0.4, -0.2) is 48.1 Å². The summed E-state index contributed by atoms with van der Waals surface area (Å²) in [6.45, 7) is 14.3. The molecule has 0 atom stereocenters. The van der Waals surface area contributed by atoms with Crippen molar-refractivity contribution in [2.24, 2.45) is 0 Å². The van der Waals surface area contributed by atoms with E-state index >= 15 is 0 Å². The van der Waals surface area contributed by atoms with Crippen molar-refractivity contribution in [1.82, 2.24) is 4.90 Å². The summed E-state index contributed by atoms with van der Waals surface area (Å²) < 4.78 is 23.8. The van der Waals surface area contributed by atoms with Crippen molar-refractivity contribution < 1.29 is 23.6 Å². The van der Waals surface area contributed by atoms with E-state index in [0.29, 0.717) is 6.54 Å². The molecule has 1 heterocycles. The second-order valence-electron chi connectivity index (χ2n) is 10.7. The van der Waals surface area contributed by atoms with Crippen LogP contribution in [0.1, 0.15) is 79.7 Å². The summed E-state index contributed by atoms with van der Waals surface area (Å²) >= 11 is 0. The van der Waals surface area contributed by atoms with Gasteiger partial charge in [-0.1, -0.05) is 18.9 Å². The monoisotopic (exact) mass is 431 g/mol. The van der Waals surface area contributed by atoms with E-state index in [-0.39, 0.29) is 12.1 Å². The van der Waals surface area contributed by atoms with Crippen LogP contribution in [0.4, 0.5) is 4.79 Å². The van der Waals surface area contributed by atoms with Crippen LogP contribution in [-0.2, 0) is 20.6 Å². The Labute approximate surface area is 187 Å². The highest BCUT2D eigenvalue weighted by Gasteiger charge is 2.51. The first-order chi connectivity index (χ1) is 14.3. The van der Waals surface area contributed by atoms with Crippen LogP contribution in [0.5, 0.6) is 5.75 Å². The van der Waals surface area contributed by atoms with E-state index in [0.717, 1.165) is 42.5 Å². The zero-order valence-corrected chi connectivity index (χ0v) is 20.4. The maximum atomic E-state index is 13.0. The third-order valence-electron chi connectivity index (χ3n) is 6.50. The molecule has 0 spiro atoms. The third kappa shape index (κ3) is 5.56. The van der Waals surface area contributed by atoms with Gasteiger partial charge in [-0.05, 0) is 84.5 Å². The number of carbonyl (C=O) groups is 1. The lowest BCUT2D eigenvalue weighted by atomic mass is 9.78. The van der Waals surface area contributed by atoms with E-state index in [1.807, 2.05) is 65.5 Å². The van der Waals surface area contributed by atoms with E-state index in [1.165, 1.54) is 0 Å². The van der Waals surface area contributed by atoms with Gasteiger partial charge in [0, 0.05) is 12.6 Å². The van der Waals surface area contributed by atoms with Gasteiger partial charge in [-0.15, -0.1) is 0 Å². The van der Waals surface area contributed by atoms with Crippen molar-refractivity contribution in [2.45, 2.75) is 104 Å². The number of rotatable bonds is 5. The summed E-state index contributed by atoms with van der Waals surface area (Å²) in [7, 11) is 1.16. The van der Waals surface area contributed by atoms with Gasteiger partial charge in [0.25, 0.3) is 0 Å². The summed E-state index contributed by atoms with van der Waals surface area (Å²) in [5.41, 5.74) is 0.488. The van der Waals surface area contributed by atoms with Crippen molar-refractivity contribution >= 4 is 18.7 Å². The lowest BCUT2D eigenvalue weighted by Gasteiger charge is -2.32. The standard InChI is InChI=1S/C24H38BNO5/c1-22(2,3)29-21(27)26(19-11-9-10-12-19)16-17-13-18(15-20(14-17)28-8)25-30-23(4,5)24(6,7)31-25/h13-15,19H,9-12,16H2,1-8H3. The molecule has 1 amide bonds. The van der Waals surface area contributed by atoms with Crippen LogP contribution >= 0.6 is 0 Å². The van der Waals surface area contributed by atoms with Crippen molar-refractivity contribution in [2.75, 3.05) is 7.11 Å². The number of nitrogens with zero attached hydrogens (tertiary/aromatic N) is 1. The molecule has 0 N–H and O–H groups in total. The minimum atomic E-state index is -0.532. The van der Waals surface area contributed by atoms with E-state index in [2.05, 4.69) is 6.07 Å². The Morgan fingerprint density at radius 3 is 2.19 bits per heavy atom. The molecule has 0 aromatic heterocycles. The molecule has 6 nitrogen and oxygen atoms in total. The number of ether oxygens (including phenoxy) is 2. The lowest BCUT2D eigenvalue weighted by Crippen LogP contribution is -2.42. The molecule has 0 unspecified atom stereocenters. The lowest BCUT2D eigenvalue weighted by molar-refractivity contribution is 0.00578. The highest BCUT2D eigenvalue weighted by Crippen LogP contribution is 2.37. The van der Waals surface area contributed by atoms with Gasteiger partial charge in [0.1, 0.15) is 11.4 Å². The average molecular weight is 431 g/mol. The van der Waals surface area contributed by atoms with Gasteiger partial charge in [-0.2, -0.15) is 0 Å². The fourth-order valence-corrected chi connectivity index (χ4v) is 4.09. The quantitative estimate of drug-likeness (QED) is 0.634. The predicted molar refractivity (Wildman–Crippen MR) is 123 cm³/mol. The highest BCUT2D eigenvalue weighted by molar-refractivity contribution is 6.62. The number of hydrogen-bond donors (Lipinski definition) is 0. The smallest absolute Gasteiger partial charge is 0.494 e. The van der Waals surface area contributed by atoms with Crippen LogP contribution < -0.4 is 10.2 Å². The summed E-state index contributed by atoms with van der Waals surface area (Å²) in [6.07, 6.45) is 4.03. The Kier molecular flexibility index (Phi) is 6.69.